The molecule has 0 unspecified atom stereocenters. The number of hydrogen-bond acceptors (Lipinski definition) is 2. The summed E-state index contributed by atoms with van der Waals surface area (Å²) in [4.78, 5) is 0. The number of nitrogens with zero attached hydrogens (tertiary/aromatic N) is 2. The number of pyridine rings is 1. The second-order valence-corrected chi connectivity index (χ2v) is 8.49. The Balaban J connectivity index is 2.24. The van der Waals surface area contributed by atoms with Gasteiger partial charge in [0.25, 0.3) is 0 Å². The van der Waals surface area contributed by atoms with Crippen LogP contribution in [0.25, 0.3) is 33.2 Å². The molecular formula is C26H27N2O+. The molecule has 0 saturated heterocycles. The molecule has 0 aliphatic heterocycles. The first-order valence-electron chi connectivity index (χ1n) is 10.2. The van der Waals surface area contributed by atoms with Gasteiger partial charge in [-0.15, -0.1) is 0 Å². The third-order valence-corrected chi connectivity index (χ3v) is 5.85. The van der Waals surface area contributed by atoms with E-state index >= 15 is 0 Å². The maximum atomic E-state index is 10.1. The summed E-state index contributed by atoms with van der Waals surface area (Å²) in [6, 6.07) is 15.1. The highest BCUT2D eigenvalue weighted by Gasteiger charge is 2.25. The van der Waals surface area contributed by atoms with Crippen LogP contribution in [-0.2, 0) is 7.05 Å². The van der Waals surface area contributed by atoms with Crippen molar-refractivity contribution in [1.82, 2.24) is 0 Å². The lowest BCUT2D eigenvalue weighted by Gasteiger charge is -2.14. The first-order valence-corrected chi connectivity index (χ1v) is 10.2. The van der Waals surface area contributed by atoms with Crippen molar-refractivity contribution < 1.29 is 8.98 Å². The van der Waals surface area contributed by atoms with Gasteiger partial charge >= 0.3 is 0 Å². The summed E-state index contributed by atoms with van der Waals surface area (Å²) in [5, 5.41) is 12.0. The normalized spacial score (nSPS) is 11.7. The molecule has 0 aliphatic rings. The standard InChI is InChI=1S/C26H27N2O/c1-15(2)19-13-20(16(3)4)26-24(21(19)14-27)18-11-10-17(5)23(25(18)29-26)22-9-7-8-12-28(22)6/h7-13,15-16H,1-6H3/q+1. The molecule has 29 heavy (non-hydrogen) atoms. The monoisotopic (exact) mass is 383 g/mol. The summed E-state index contributed by atoms with van der Waals surface area (Å²) in [7, 11) is 2.05. The highest BCUT2D eigenvalue weighted by Crippen LogP contribution is 2.43. The van der Waals surface area contributed by atoms with Gasteiger partial charge in [0.1, 0.15) is 24.3 Å². The molecule has 0 saturated carbocycles. The first kappa shape index (κ1) is 19.2. The SMILES string of the molecule is Cc1ccc2c(oc3c(C(C)C)cc(C(C)C)c(C#N)c32)c1-c1cccc[n+]1C. The van der Waals surface area contributed by atoms with Gasteiger partial charge < -0.3 is 4.42 Å². The predicted octanol–water partition coefficient (Wildman–Crippen LogP) is 6.50. The average Bonchev–Trinajstić information content (AvgIpc) is 3.06. The van der Waals surface area contributed by atoms with Gasteiger partial charge in [-0.1, -0.05) is 45.9 Å². The van der Waals surface area contributed by atoms with Gasteiger partial charge in [-0.3, -0.25) is 0 Å². The van der Waals surface area contributed by atoms with Gasteiger partial charge in [-0.25, -0.2) is 4.57 Å². The molecule has 2 aromatic carbocycles. The molecule has 3 nitrogen and oxygen atoms in total. The Morgan fingerprint density at radius 1 is 0.966 bits per heavy atom. The zero-order valence-electron chi connectivity index (χ0n) is 18.0. The Hall–Kier alpha value is -3.12. The van der Waals surface area contributed by atoms with Crippen LogP contribution in [-0.4, -0.2) is 0 Å². The molecule has 3 heteroatoms. The molecule has 2 aromatic heterocycles. The van der Waals surface area contributed by atoms with Crippen molar-refractivity contribution in [2.45, 2.75) is 46.5 Å². The van der Waals surface area contributed by atoms with Crippen LogP contribution < -0.4 is 4.57 Å². The maximum absolute atomic E-state index is 10.1. The summed E-state index contributed by atoms with van der Waals surface area (Å²) in [6.07, 6.45) is 2.05. The van der Waals surface area contributed by atoms with Crippen LogP contribution >= 0.6 is 0 Å². The van der Waals surface area contributed by atoms with Crippen molar-refractivity contribution in [3.05, 3.63) is 64.8 Å². The molecule has 4 rings (SSSR count). The molecule has 0 radical (unpaired) electrons. The lowest BCUT2D eigenvalue weighted by atomic mass is 9.88. The van der Waals surface area contributed by atoms with Gasteiger partial charge in [0.15, 0.2) is 6.20 Å². The highest BCUT2D eigenvalue weighted by molar-refractivity contribution is 6.13. The largest absolute Gasteiger partial charge is 0.455 e. The number of hydrogen-bond donors (Lipinski definition) is 0. The fourth-order valence-electron chi connectivity index (χ4n) is 4.27. The number of benzene rings is 2. The number of nitriles is 1. The molecule has 146 valence electrons. The predicted molar refractivity (Wildman–Crippen MR) is 118 cm³/mol. The van der Waals surface area contributed by atoms with Gasteiger partial charge in [0.05, 0.1) is 11.1 Å². The van der Waals surface area contributed by atoms with E-state index in [4.69, 9.17) is 4.42 Å². The smallest absolute Gasteiger partial charge is 0.216 e. The Bertz CT molecular complexity index is 1290. The summed E-state index contributed by atoms with van der Waals surface area (Å²) >= 11 is 0. The lowest BCUT2D eigenvalue weighted by molar-refractivity contribution is -0.660. The molecule has 4 aromatic rings. The number of fused-ring (bicyclic) bond motifs is 3. The van der Waals surface area contributed by atoms with Crippen LogP contribution in [0.4, 0.5) is 0 Å². The second-order valence-electron chi connectivity index (χ2n) is 8.49. The van der Waals surface area contributed by atoms with Gasteiger partial charge in [-0.05, 0) is 41.5 Å². The van der Waals surface area contributed by atoms with Gasteiger partial charge in [0, 0.05) is 22.9 Å². The summed E-state index contributed by atoms with van der Waals surface area (Å²) in [5.74, 6) is 0.578. The van der Waals surface area contributed by atoms with Crippen LogP contribution in [0, 0.1) is 18.3 Å². The fourth-order valence-corrected chi connectivity index (χ4v) is 4.27. The molecule has 0 aliphatic carbocycles. The molecule has 0 fully saturated rings. The van der Waals surface area contributed by atoms with Crippen LogP contribution in [0.3, 0.4) is 0 Å². The Kier molecular flexibility index (Phi) is 4.67. The van der Waals surface area contributed by atoms with Crippen LogP contribution in [0.2, 0.25) is 0 Å². The van der Waals surface area contributed by atoms with E-state index in [2.05, 4.69) is 69.5 Å². The second kappa shape index (κ2) is 7.04. The van der Waals surface area contributed by atoms with Crippen molar-refractivity contribution in [2.75, 3.05) is 0 Å². The number of rotatable bonds is 3. The number of aryl methyl sites for hydroxylation is 2. The van der Waals surface area contributed by atoms with E-state index < -0.39 is 0 Å². The topological polar surface area (TPSA) is 40.8 Å². The zero-order valence-corrected chi connectivity index (χ0v) is 18.0. The summed E-state index contributed by atoms with van der Waals surface area (Å²) < 4.78 is 8.69. The van der Waals surface area contributed by atoms with E-state index in [0.717, 1.165) is 49.9 Å². The Labute approximate surface area is 172 Å². The van der Waals surface area contributed by atoms with E-state index in [1.54, 1.807) is 0 Å². The van der Waals surface area contributed by atoms with E-state index in [-0.39, 0.29) is 5.92 Å². The molecule has 0 N–H and O–H groups in total. The maximum Gasteiger partial charge on any atom is 0.216 e. The van der Waals surface area contributed by atoms with Crippen molar-refractivity contribution in [3.63, 3.8) is 0 Å². The third kappa shape index (κ3) is 2.91. The van der Waals surface area contributed by atoms with Crippen molar-refractivity contribution in [2.24, 2.45) is 7.05 Å². The minimum absolute atomic E-state index is 0.272. The van der Waals surface area contributed by atoms with E-state index in [1.165, 1.54) is 5.56 Å². The number of furan rings is 1. The number of aromatic nitrogens is 1. The molecule has 0 spiro atoms. The van der Waals surface area contributed by atoms with Gasteiger partial charge in [-0.2, -0.15) is 5.26 Å². The first-order chi connectivity index (χ1) is 13.8. The van der Waals surface area contributed by atoms with Crippen molar-refractivity contribution in [3.8, 4) is 17.3 Å². The quantitative estimate of drug-likeness (QED) is 0.379. The van der Waals surface area contributed by atoms with Gasteiger partial charge in [0.2, 0.25) is 5.69 Å². The van der Waals surface area contributed by atoms with Crippen LogP contribution in [0.5, 0.6) is 0 Å². The lowest BCUT2D eigenvalue weighted by Crippen LogP contribution is -2.30. The van der Waals surface area contributed by atoms with Crippen molar-refractivity contribution in [1.29, 1.82) is 5.26 Å². The summed E-state index contributed by atoms with van der Waals surface area (Å²) in [5.41, 5.74) is 8.06. The Morgan fingerprint density at radius 2 is 1.69 bits per heavy atom. The highest BCUT2D eigenvalue weighted by atomic mass is 16.3. The molecule has 0 atom stereocenters. The fraction of sp³-hybridized carbons (Fsp3) is 0.308. The minimum Gasteiger partial charge on any atom is -0.455 e. The van der Waals surface area contributed by atoms with Crippen LogP contribution in [0.1, 0.15) is 61.8 Å². The van der Waals surface area contributed by atoms with E-state index in [9.17, 15) is 5.26 Å². The molecule has 0 amide bonds. The van der Waals surface area contributed by atoms with E-state index in [1.807, 2.05) is 25.4 Å². The molecular weight excluding hydrogens is 356 g/mol. The van der Waals surface area contributed by atoms with Crippen molar-refractivity contribution >= 4 is 21.9 Å². The van der Waals surface area contributed by atoms with Crippen LogP contribution in [0.15, 0.2) is 47.0 Å². The molecule has 0 bridgehead atoms. The minimum atomic E-state index is 0.272. The molecule has 2 heterocycles. The third-order valence-electron chi connectivity index (χ3n) is 5.85. The zero-order chi connectivity index (χ0) is 20.9. The average molecular weight is 384 g/mol. The summed E-state index contributed by atoms with van der Waals surface area (Å²) in [6.45, 7) is 10.8. The Morgan fingerprint density at radius 3 is 2.31 bits per heavy atom. The van der Waals surface area contributed by atoms with E-state index in [0.29, 0.717) is 5.92 Å².